The predicted octanol–water partition coefficient (Wildman–Crippen LogP) is 3.93. The average molecular weight is 346 g/mol. The Balaban J connectivity index is 1.75. The van der Waals surface area contributed by atoms with E-state index >= 15 is 0 Å². The number of fused-ring (bicyclic) bond motifs is 1. The maximum absolute atomic E-state index is 11.4. The zero-order valence-corrected chi connectivity index (χ0v) is 14.5. The van der Waals surface area contributed by atoms with Crippen LogP contribution in [-0.4, -0.2) is 16.0 Å². The molecule has 2 heterocycles. The van der Waals surface area contributed by atoms with E-state index in [4.69, 9.17) is 16.1 Å². The molecule has 0 saturated heterocycles. The number of aromatic nitrogens is 2. The van der Waals surface area contributed by atoms with E-state index in [1.165, 1.54) is 0 Å². The summed E-state index contributed by atoms with van der Waals surface area (Å²) in [6, 6.07) is 7.94. The van der Waals surface area contributed by atoms with Crippen molar-refractivity contribution in [3.8, 4) is 0 Å². The highest BCUT2D eigenvalue weighted by molar-refractivity contribution is 6.36. The standard InChI is InChI=1S/C18H20ClN3O2/c1-3-17(23)20-10-12-4-6-14-16(9-12)21-15(18(14)19)7-5-13-8-11(2)24-22-13/h4,6,8-9,21H,3,5,7,10H2,1-2H3,(H,20,23). The molecule has 126 valence electrons. The van der Waals surface area contributed by atoms with Crippen molar-refractivity contribution in [1.82, 2.24) is 15.5 Å². The van der Waals surface area contributed by atoms with E-state index < -0.39 is 0 Å². The van der Waals surface area contributed by atoms with Gasteiger partial charge >= 0.3 is 0 Å². The third kappa shape index (κ3) is 3.62. The monoisotopic (exact) mass is 345 g/mol. The van der Waals surface area contributed by atoms with E-state index in [1.54, 1.807) is 0 Å². The van der Waals surface area contributed by atoms with Crippen molar-refractivity contribution in [2.75, 3.05) is 0 Å². The molecule has 0 aliphatic rings. The van der Waals surface area contributed by atoms with Crippen molar-refractivity contribution >= 4 is 28.4 Å². The molecule has 0 bridgehead atoms. The van der Waals surface area contributed by atoms with Crippen molar-refractivity contribution in [2.45, 2.75) is 39.7 Å². The van der Waals surface area contributed by atoms with Crippen molar-refractivity contribution in [1.29, 1.82) is 0 Å². The summed E-state index contributed by atoms with van der Waals surface area (Å²) in [6.07, 6.45) is 2.02. The molecular weight excluding hydrogens is 326 g/mol. The molecule has 0 saturated carbocycles. The minimum atomic E-state index is 0.0446. The smallest absolute Gasteiger partial charge is 0.219 e. The summed E-state index contributed by atoms with van der Waals surface area (Å²) in [5.74, 6) is 0.856. The van der Waals surface area contributed by atoms with Crippen LogP contribution in [0.3, 0.4) is 0 Å². The Morgan fingerprint density at radius 2 is 2.17 bits per heavy atom. The van der Waals surface area contributed by atoms with Crippen LogP contribution in [-0.2, 0) is 24.2 Å². The van der Waals surface area contributed by atoms with Gasteiger partial charge in [0.25, 0.3) is 0 Å². The number of nitrogens with one attached hydrogen (secondary N) is 2. The first-order valence-corrected chi connectivity index (χ1v) is 8.42. The SMILES string of the molecule is CCC(=O)NCc1ccc2c(Cl)c(CCc3cc(C)on3)[nH]c2c1. The molecule has 0 spiro atoms. The van der Waals surface area contributed by atoms with Crippen molar-refractivity contribution < 1.29 is 9.32 Å². The fourth-order valence-corrected chi connectivity index (χ4v) is 2.97. The molecule has 3 rings (SSSR count). The molecule has 2 aromatic heterocycles. The first-order valence-electron chi connectivity index (χ1n) is 8.04. The lowest BCUT2D eigenvalue weighted by molar-refractivity contribution is -0.120. The molecule has 0 unspecified atom stereocenters. The van der Waals surface area contributed by atoms with Gasteiger partial charge < -0.3 is 14.8 Å². The molecule has 0 fully saturated rings. The second-order valence-corrected chi connectivity index (χ2v) is 6.23. The number of amides is 1. The Bertz CT molecular complexity index is 866. The van der Waals surface area contributed by atoms with Gasteiger partial charge in [-0.15, -0.1) is 0 Å². The van der Waals surface area contributed by atoms with E-state index in [2.05, 4.69) is 15.5 Å². The van der Waals surface area contributed by atoms with Gasteiger partial charge in [0.05, 0.1) is 10.7 Å². The zero-order chi connectivity index (χ0) is 17.1. The first-order chi connectivity index (χ1) is 11.6. The van der Waals surface area contributed by atoms with E-state index in [9.17, 15) is 4.79 Å². The highest BCUT2D eigenvalue weighted by atomic mass is 35.5. The van der Waals surface area contributed by atoms with Crippen molar-refractivity contribution in [2.24, 2.45) is 0 Å². The number of carbonyl (C=O) groups is 1. The second-order valence-electron chi connectivity index (χ2n) is 5.86. The molecule has 5 nitrogen and oxygen atoms in total. The predicted molar refractivity (Wildman–Crippen MR) is 94.1 cm³/mol. The number of aromatic amines is 1. The minimum Gasteiger partial charge on any atom is -0.361 e. The van der Waals surface area contributed by atoms with Gasteiger partial charge in [-0.25, -0.2) is 0 Å². The van der Waals surface area contributed by atoms with E-state index in [-0.39, 0.29) is 5.91 Å². The number of benzene rings is 1. The molecular formula is C18H20ClN3O2. The Morgan fingerprint density at radius 1 is 1.33 bits per heavy atom. The highest BCUT2D eigenvalue weighted by Crippen LogP contribution is 2.29. The molecule has 1 amide bonds. The lowest BCUT2D eigenvalue weighted by atomic mass is 10.1. The van der Waals surface area contributed by atoms with Gasteiger partial charge in [0.15, 0.2) is 0 Å². The lowest BCUT2D eigenvalue weighted by Gasteiger charge is -2.03. The number of hydrogen-bond acceptors (Lipinski definition) is 3. The van der Waals surface area contributed by atoms with E-state index in [1.807, 2.05) is 38.1 Å². The zero-order valence-electron chi connectivity index (χ0n) is 13.8. The Hall–Kier alpha value is -2.27. The second kappa shape index (κ2) is 7.09. The Kier molecular flexibility index (Phi) is 4.90. The minimum absolute atomic E-state index is 0.0446. The van der Waals surface area contributed by atoms with Crippen molar-refractivity contribution in [3.63, 3.8) is 0 Å². The molecule has 0 aliphatic heterocycles. The van der Waals surface area contributed by atoms with E-state index in [0.717, 1.165) is 51.5 Å². The van der Waals surface area contributed by atoms with Crippen LogP contribution >= 0.6 is 11.6 Å². The topological polar surface area (TPSA) is 70.9 Å². The maximum Gasteiger partial charge on any atom is 0.219 e. The summed E-state index contributed by atoms with van der Waals surface area (Å²) < 4.78 is 5.09. The van der Waals surface area contributed by atoms with Gasteiger partial charge in [0, 0.05) is 35.6 Å². The third-order valence-corrected chi connectivity index (χ3v) is 4.42. The van der Waals surface area contributed by atoms with Crippen LogP contribution in [0.25, 0.3) is 10.9 Å². The number of aryl methyl sites for hydroxylation is 3. The maximum atomic E-state index is 11.4. The molecule has 1 aromatic carbocycles. The van der Waals surface area contributed by atoms with Crippen LogP contribution in [0, 0.1) is 6.92 Å². The Morgan fingerprint density at radius 3 is 2.88 bits per heavy atom. The summed E-state index contributed by atoms with van der Waals surface area (Å²) >= 11 is 6.49. The normalized spacial score (nSPS) is 11.1. The third-order valence-electron chi connectivity index (χ3n) is 3.99. The van der Waals surface area contributed by atoms with Gasteiger partial charge in [-0.1, -0.05) is 35.8 Å². The number of hydrogen-bond donors (Lipinski definition) is 2. The van der Waals surface area contributed by atoms with Gasteiger partial charge in [-0.2, -0.15) is 0 Å². The van der Waals surface area contributed by atoms with Gasteiger partial charge in [-0.3, -0.25) is 4.79 Å². The number of H-pyrrole nitrogens is 1. The van der Waals surface area contributed by atoms with Crippen LogP contribution in [0.4, 0.5) is 0 Å². The molecule has 0 atom stereocenters. The van der Waals surface area contributed by atoms with Crippen LogP contribution in [0.5, 0.6) is 0 Å². The lowest BCUT2D eigenvalue weighted by Crippen LogP contribution is -2.21. The molecule has 0 aliphatic carbocycles. The largest absolute Gasteiger partial charge is 0.361 e. The van der Waals surface area contributed by atoms with Crippen LogP contribution < -0.4 is 5.32 Å². The summed E-state index contributed by atoms with van der Waals surface area (Å²) in [7, 11) is 0. The number of halogens is 1. The molecule has 3 aromatic rings. The molecule has 6 heteroatoms. The Labute approximate surface area is 145 Å². The average Bonchev–Trinajstić information content (AvgIpc) is 3.14. The molecule has 0 radical (unpaired) electrons. The van der Waals surface area contributed by atoms with Crippen LogP contribution in [0.15, 0.2) is 28.8 Å². The summed E-state index contributed by atoms with van der Waals surface area (Å²) in [6.45, 7) is 4.24. The number of nitrogens with zero attached hydrogens (tertiary/aromatic N) is 1. The van der Waals surface area contributed by atoms with Gasteiger partial charge in [0.2, 0.25) is 5.91 Å². The van der Waals surface area contributed by atoms with E-state index in [0.29, 0.717) is 13.0 Å². The number of rotatable bonds is 6. The fraction of sp³-hybridized carbons (Fsp3) is 0.333. The fourth-order valence-electron chi connectivity index (χ4n) is 2.66. The highest BCUT2D eigenvalue weighted by Gasteiger charge is 2.11. The summed E-state index contributed by atoms with van der Waals surface area (Å²) in [5, 5.41) is 8.62. The summed E-state index contributed by atoms with van der Waals surface area (Å²) in [4.78, 5) is 14.8. The quantitative estimate of drug-likeness (QED) is 0.711. The van der Waals surface area contributed by atoms with Crippen LogP contribution in [0.1, 0.15) is 36.1 Å². The molecule has 24 heavy (non-hydrogen) atoms. The number of carbonyl (C=O) groups excluding carboxylic acids is 1. The van der Waals surface area contributed by atoms with Crippen LogP contribution in [0.2, 0.25) is 5.02 Å². The molecule has 2 N–H and O–H groups in total. The van der Waals surface area contributed by atoms with Gasteiger partial charge in [0.1, 0.15) is 5.76 Å². The van der Waals surface area contributed by atoms with Gasteiger partial charge in [-0.05, 0) is 31.4 Å². The first kappa shape index (κ1) is 16.6. The van der Waals surface area contributed by atoms with Crippen molar-refractivity contribution in [3.05, 3.63) is 52.0 Å². The summed E-state index contributed by atoms with van der Waals surface area (Å²) in [5.41, 5.74) is 3.93.